The predicted octanol–water partition coefficient (Wildman–Crippen LogP) is 2.43. The molecule has 3 heterocycles. The van der Waals surface area contributed by atoms with Crippen LogP contribution in [0.1, 0.15) is 42.5 Å². The number of nitrogens with one attached hydrogen (secondary N) is 3. The highest BCUT2D eigenvalue weighted by Crippen LogP contribution is 2.41. The van der Waals surface area contributed by atoms with E-state index < -0.39 is 0 Å². The number of para-hydroxylation sites is 1. The van der Waals surface area contributed by atoms with Crippen molar-refractivity contribution in [3.8, 4) is 0 Å². The molecule has 0 spiro atoms. The molecule has 1 saturated heterocycles. The van der Waals surface area contributed by atoms with Crippen molar-refractivity contribution in [3.05, 3.63) is 41.0 Å². The quantitative estimate of drug-likeness (QED) is 0.723. The number of hydrogen-bond donors (Lipinski definition) is 3. The lowest BCUT2D eigenvalue weighted by Gasteiger charge is -2.20. The zero-order valence-corrected chi connectivity index (χ0v) is 11.6. The number of rotatable bonds is 2. The summed E-state index contributed by atoms with van der Waals surface area (Å²) in [6.07, 6.45) is 6.04. The summed E-state index contributed by atoms with van der Waals surface area (Å²) in [5.41, 5.74) is 12.2. The van der Waals surface area contributed by atoms with Gasteiger partial charge < -0.3 is 15.5 Å². The Morgan fingerprint density at radius 1 is 1.20 bits per heavy atom. The van der Waals surface area contributed by atoms with Crippen LogP contribution in [-0.4, -0.2) is 19.7 Å². The number of fused-ring (bicyclic) bond motifs is 1. The van der Waals surface area contributed by atoms with Crippen molar-refractivity contribution >= 4 is 5.69 Å². The summed E-state index contributed by atoms with van der Waals surface area (Å²) in [5, 5.41) is 3.45. The molecule has 1 unspecified atom stereocenters. The highest BCUT2D eigenvalue weighted by Gasteiger charge is 2.30. The zero-order valence-electron chi connectivity index (χ0n) is 11.6. The van der Waals surface area contributed by atoms with Crippen molar-refractivity contribution in [1.82, 2.24) is 10.7 Å². The smallest absolute Gasteiger partial charge is 0.0846 e. The van der Waals surface area contributed by atoms with Crippen LogP contribution < -0.4 is 16.2 Å². The molecule has 0 radical (unpaired) electrons. The lowest BCUT2D eigenvalue weighted by molar-refractivity contribution is 0.112. The van der Waals surface area contributed by atoms with Crippen LogP contribution in [-0.2, 0) is 4.74 Å². The minimum atomic E-state index is 0.261. The molecule has 1 fully saturated rings. The Bertz CT molecular complexity index is 535. The Morgan fingerprint density at radius 2 is 2.15 bits per heavy atom. The molecule has 3 aliphatic rings. The molecule has 4 rings (SSSR count). The van der Waals surface area contributed by atoms with Crippen LogP contribution in [0, 0.1) is 0 Å². The molecule has 106 valence electrons. The van der Waals surface area contributed by atoms with Gasteiger partial charge in [0.25, 0.3) is 0 Å². The molecular formula is C16H21N3O. The number of hydrogen-bond acceptors (Lipinski definition) is 4. The topological polar surface area (TPSA) is 45.3 Å². The van der Waals surface area contributed by atoms with E-state index in [0.29, 0.717) is 6.04 Å². The van der Waals surface area contributed by atoms with Gasteiger partial charge in [-0.15, -0.1) is 0 Å². The molecule has 0 amide bonds. The molecule has 0 aliphatic carbocycles. The Balaban J connectivity index is 1.68. The van der Waals surface area contributed by atoms with Crippen molar-refractivity contribution in [3.63, 3.8) is 0 Å². The molecule has 0 aromatic heterocycles. The monoisotopic (exact) mass is 271 g/mol. The van der Waals surface area contributed by atoms with E-state index in [1.807, 2.05) is 0 Å². The third kappa shape index (κ3) is 2.04. The highest BCUT2D eigenvalue weighted by atomic mass is 16.5. The number of benzene rings is 1. The van der Waals surface area contributed by atoms with Gasteiger partial charge in [-0.25, -0.2) is 5.43 Å². The van der Waals surface area contributed by atoms with Crippen LogP contribution in [0.5, 0.6) is 0 Å². The maximum absolute atomic E-state index is 5.85. The van der Waals surface area contributed by atoms with E-state index in [1.165, 1.54) is 28.8 Å². The van der Waals surface area contributed by atoms with Crippen LogP contribution in [0.3, 0.4) is 0 Å². The first kappa shape index (κ1) is 12.4. The lowest BCUT2D eigenvalue weighted by atomic mass is 9.93. The molecule has 20 heavy (non-hydrogen) atoms. The van der Waals surface area contributed by atoms with Crippen molar-refractivity contribution in [2.45, 2.75) is 31.4 Å². The first-order valence-electron chi connectivity index (χ1n) is 7.59. The molecular weight excluding hydrogens is 250 g/mol. The molecule has 2 atom stereocenters. The zero-order chi connectivity index (χ0) is 13.4. The van der Waals surface area contributed by atoms with E-state index in [-0.39, 0.29) is 6.10 Å². The summed E-state index contributed by atoms with van der Waals surface area (Å²) >= 11 is 0. The maximum atomic E-state index is 5.85. The van der Waals surface area contributed by atoms with Crippen molar-refractivity contribution < 1.29 is 4.74 Å². The first-order chi connectivity index (χ1) is 9.93. The summed E-state index contributed by atoms with van der Waals surface area (Å²) in [4.78, 5) is 0. The lowest BCUT2D eigenvalue weighted by Crippen LogP contribution is -2.30. The van der Waals surface area contributed by atoms with Gasteiger partial charge in [-0.2, -0.15) is 0 Å². The number of ether oxygens (including phenoxy) is 1. The third-order valence-electron chi connectivity index (χ3n) is 4.49. The summed E-state index contributed by atoms with van der Waals surface area (Å²) < 4.78 is 5.85. The predicted molar refractivity (Wildman–Crippen MR) is 79.4 cm³/mol. The normalized spacial score (nSPS) is 28.9. The van der Waals surface area contributed by atoms with E-state index in [1.54, 1.807) is 0 Å². The number of hydrazine groups is 1. The van der Waals surface area contributed by atoms with E-state index >= 15 is 0 Å². The molecule has 1 aromatic carbocycles. The van der Waals surface area contributed by atoms with E-state index in [9.17, 15) is 0 Å². The fraction of sp³-hybridized carbons (Fsp3) is 0.500. The summed E-state index contributed by atoms with van der Waals surface area (Å²) in [5.74, 6) is 0. The SMILES string of the molecule is C1=C(C2NNc3c2cccc3[C@@H]2CCCO2)CNCC1. The van der Waals surface area contributed by atoms with E-state index in [2.05, 4.69) is 40.4 Å². The first-order valence-corrected chi connectivity index (χ1v) is 7.59. The van der Waals surface area contributed by atoms with Crippen molar-refractivity contribution in [2.24, 2.45) is 0 Å². The third-order valence-corrected chi connectivity index (χ3v) is 4.49. The molecule has 4 nitrogen and oxygen atoms in total. The van der Waals surface area contributed by atoms with Gasteiger partial charge in [0.1, 0.15) is 0 Å². The average molecular weight is 271 g/mol. The van der Waals surface area contributed by atoms with Crippen molar-refractivity contribution in [2.75, 3.05) is 25.1 Å². The molecule has 3 aliphatic heterocycles. The van der Waals surface area contributed by atoms with Gasteiger partial charge in [-0.3, -0.25) is 0 Å². The van der Waals surface area contributed by atoms with E-state index in [0.717, 1.165) is 32.5 Å². The van der Waals surface area contributed by atoms with Crippen LogP contribution in [0.25, 0.3) is 0 Å². The summed E-state index contributed by atoms with van der Waals surface area (Å²) in [7, 11) is 0. The minimum Gasteiger partial charge on any atom is -0.373 e. The second-order valence-corrected chi connectivity index (χ2v) is 5.76. The van der Waals surface area contributed by atoms with Crippen molar-refractivity contribution in [1.29, 1.82) is 0 Å². The standard InChI is InChI=1S/C16H21N3O/c1-5-12(14-7-3-9-20-14)16-13(6-1)15(18-19-16)11-4-2-8-17-10-11/h1,4-6,14-15,17-19H,2-3,7-10H2/t14-,15?/m0/s1. The Labute approximate surface area is 119 Å². The summed E-state index contributed by atoms with van der Waals surface area (Å²) in [6, 6.07) is 6.87. The Kier molecular flexibility index (Phi) is 3.22. The van der Waals surface area contributed by atoms with Crippen LogP contribution in [0.4, 0.5) is 5.69 Å². The van der Waals surface area contributed by atoms with Gasteiger partial charge in [0.2, 0.25) is 0 Å². The maximum Gasteiger partial charge on any atom is 0.0846 e. The van der Waals surface area contributed by atoms with Gasteiger partial charge in [0.05, 0.1) is 17.8 Å². The Morgan fingerprint density at radius 3 is 2.95 bits per heavy atom. The van der Waals surface area contributed by atoms with Crippen LogP contribution >= 0.6 is 0 Å². The molecule has 3 N–H and O–H groups in total. The van der Waals surface area contributed by atoms with Crippen LogP contribution in [0.15, 0.2) is 29.8 Å². The fourth-order valence-electron chi connectivity index (χ4n) is 3.46. The van der Waals surface area contributed by atoms with Crippen LogP contribution in [0.2, 0.25) is 0 Å². The number of anilines is 1. The van der Waals surface area contributed by atoms with Gasteiger partial charge in [-0.1, -0.05) is 24.3 Å². The molecule has 0 bridgehead atoms. The largest absolute Gasteiger partial charge is 0.373 e. The van der Waals surface area contributed by atoms with Gasteiger partial charge >= 0.3 is 0 Å². The van der Waals surface area contributed by atoms with Gasteiger partial charge in [-0.05, 0) is 36.9 Å². The fourth-order valence-corrected chi connectivity index (χ4v) is 3.46. The minimum absolute atomic E-state index is 0.261. The highest BCUT2D eigenvalue weighted by molar-refractivity contribution is 5.64. The van der Waals surface area contributed by atoms with Gasteiger partial charge in [0, 0.05) is 18.7 Å². The second kappa shape index (κ2) is 5.20. The van der Waals surface area contributed by atoms with Gasteiger partial charge in [0.15, 0.2) is 0 Å². The molecule has 1 aromatic rings. The second-order valence-electron chi connectivity index (χ2n) is 5.76. The summed E-state index contributed by atoms with van der Waals surface area (Å²) in [6.45, 7) is 2.95. The molecule has 0 saturated carbocycles. The Hall–Kier alpha value is -1.36. The average Bonchev–Trinajstić information content (AvgIpc) is 3.17. The van der Waals surface area contributed by atoms with E-state index in [4.69, 9.17) is 4.74 Å². The molecule has 4 heteroatoms.